The minimum Gasteiger partial charge on any atom is -0.399 e. The molecule has 0 saturated heterocycles. The Labute approximate surface area is 92.7 Å². The van der Waals surface area contributed by atoms with Crippen LogP contribution in [-0.2, 0) is 0 Å². The first-order valence-electron chi connectivity index (χ1n) is 4.44. The van der Waals surface area contributed by atoms with E-state index in [-0.39, 0.29) is 0 Å². The monoisotopic (exact) mass is 219 g/mol. The van der Waals surface area contributed by atoms with E-state index in [0.29, 0.717) is 16.5 Å². The van der Waals surface area contributed by atoms with Crippen molar-refractivity contribution in [3.63, 3.8) is 0 Å². The summed E-state index contributed by atoms with van der Waals surface area (Å²) in [6.45, 7) is 0. The fourth-order valence-corrected chi connectivity index (χ4v) is 1.47. The average Bonchev–Trinajstić information content (AvgIpc) is 2.23. The average molecular weight is 220 g/mol. The van der Waals surface area contributed by atoms with Gasteiger partial charge in [0.2, 0.25) is 0 Å². The summed E-state index contributed by atoms with van der Waals surface area (Å²) in [4.78, 5) is 4.00. The third-order valence-corrected chi connectivity index (χ3v) is 2.34. The van der Waals surface area contributed by atoms with Crippen molar-refractivity contribution in [3.05, 3.63) is 41.7 Å². The van der Waals surface area contributed by atoms with Crippen LogP contribution >= 0.6 is 11.6 Å². The summed E-state index contributed by atoms with van der Waals surface area (Å²) in [6, 6.07) is 8.95. The predicted molar refractivity (Wildman–Crippen MR) is 63.5 cm³/mol. The predicted octanol–water partition coefficient (Wildman–Crippen LogP) is 2.57. The van der Waals surface area contributed by atoms with Gasteiger partial charge in [-0.25, -0.2) is 4.98 Å². The number of rotatable bonds is 1. The summed E-state index contributed by atoms with van der Waals surface area (Å²) < 4.78 is 0. The van der Waals surface area contributed by atoms with Gasteiger partial charge in [-0.15, -0.1) is 0 Å². The maximum absolute atomic E-state index is 5.84. The first-order valence-corrected chi connectivity index (χ1v) is 4.81. The maximum Gasteiger partial charge on any atom is 0.129 e. The second-order valence-electron chi connectivity index (χ2n) is 3.22. The molecule has 2 rings (SSSR count). The van der Waals surface area contributed by atoms with Gasteiger partial charge in [-0.3, -0.25) is 0 Å². The molecule has 0 unspecified atom stereocenters. The molecule has 4 N–H and O–H groups in total. The molecule has 1 aromatic heterocycles. The van der Waals surface area contributed by atoms with Gasteiger partial charge in [0.25, 0.3) is 0 Å². The Morgan fingerprint density at radius 3 is 2.53 bits per heavy atom. The van der Waals surface area contributed by atoms with Crippen molar-refractivity contribution < 1.29 is 0 Å². The lowest BCUT2D eigenvalue weighted by Gasteiger charge is -2.06. The number of hydrogen-bond donors (Lipinski definition) is 2. The topological polar surface area (TPSA) is 64.9 Å². The standard InChI is InChI=1S/C11H10ClN3/c12-11-4-1-7(6-15-11)9-5-8(13)2-3-10(9)14/h1-6H,13-14H2. The van der Waals surface area contributed by atoms with E-state index in [2.05, 4.69) is 4.98 Å². The van der Waals surface area contributed by atoms with Crippen molar-refractivity contribution in [1.82, 2.24) is 4.98 Å². The van der Waals surface area contributed by atoms with Gasteiger partial charge in [0.1, 0.15) is 5.15 Å². The molecule has 1 heterocycles. The second kappa shape index (κ2) is 3.79. The Balaban J connectivity index is 2.53. The van der Waals surface area contributed by atoms with E-state index < -0.39 is 0 Å². The van der Waals surface area contributed by atoms with E-state index in [0.717, 1.165) is 11.1 Å². The minimum atomic E-state index is 0.459. The van der Waals surface area contributed by atoms with Crippen LogP contribution < -0.4 is 11.5 Å². The third kappa shape index (κ3) is 2.02. The van der Waals surface area contributed by atoms with E-state index in [1.54, 1.807) is 24.4 Å². The minimum absolute atomic E-state index is 0.459. The molecule has 0 amide bonds. The highest BCUT2D eigenvalue weighted by Crippen LogP contribution is 2.27. The summed E-state index contributed by atoms with van der Waals surface area (Å²) in [7, 11) is 0. The second-order valence-corrected chi connectivity index (χ2v) is 3.60. The molecule has 0 atom stereocenters. The Kier molecular flexibility index (Phi) is 2.47. The number of hydrogen-bond acceptors (Lipinski definition) is 3. The van der Waals surface area contributed by atoms with Crippen LogP contribution in [0.15, 0.2) is 36.5 Å². The summed E-state index contributed by atoms with van der Waals surface area (Å²) >= 11 is 5.70. The zero-order valence-electron chi connectivity index (χ0n) is 7.94. The van der Waals surface area contributed by atoms with Crippen molar-refractivity contribution >= 4 is 23.0 Å². The third-order valence-electron chi connectivity index (χ3n) is 2.12. The molecule has 15 heavy (non-hydrogen) atoms. The van der Waals surface area contributed by atoms with Crippen LogP contribution in [0.2, 0.25) is 5.15 Å². The van der Waals surface area contributed by atoms with E-state index in [1.807, 2.05) is 12.1 Å². The van der Waals surface area contributed by atoms with Gasteiger partial charge in [-0.2, -0.15) is 0 Å². The Hall–Kier alpha value is -1.74. The van der Waals surface area contributed by atoms with E-state index in [9.17, 15) is 0 Å². The molecule has 0 radical (unpaired) electrons. The summed E-state index contributed by atoms with van der Waals surface area (Å²) in [5, 5.41) is 0.459. The number of nitrogens with zero attached hydrogens (tertiary/aromatic N) is 1. The molecule has 4 heteroatoms. The number of nitrogens with two attached hydrogens (primary N) is 2. The van der Waals surface area contributed by atoms with Gasteiger partial charge in [-0.05, 0) is 30.3 Å². The van der Waals surface area contributed by atoms with Gasteiger partial charge in [0.05, 0.1) is 0 Å². The van der Waals surface area contributed by atoms with Crippen molar-refractivity contribution in [3.8, 4) is 11.1 Å². The van der Waals surface area contributed by atoms with Crippen molar-refractivity contribution in [2.24, 2.45) is 0 Å². The van der Waals surface area contributed by atoms with Gasteiger partial charge in [0.15, 0.2) is 0 Å². The lowest BCUT2D eigenvalue weighted by molar-refractivity contribution is 1.33. The number of anilines is 2. The Morgan fingerprint density at radius 1 is 1.07 bits per heavy atom. The van der Waals surface area contributed by atoms with Gasteiger partial charge >= 0.3 is 0 Å². The molecule has 0 fully saturated rings. The van der Waals surface area contributed by atoms with Crippen molar-refractivity contribution in [2.45, 2.75) is 0 Å². The SMILES string of the molecule is Nc1ccc(N)c(-c2ccc(Cl)nc2)c1. The zero-order chi connectivity index (χ0) is 10.8. The van der Waals surface area contributed by atoms with Crippen LogP contribution in [0, 0.1) is 0 Å². The first kappa shape index (κ1) is 9.80. The quantitative estimate of drug-likeness (QED) is 0.572. The van der Waals surface area contributed by atoms with Gasteiger partial charge in [-0.1, -0.05) is 11.6 Å². The highest BCUT2D eigenvalue weighted by atomic mass is 35.5. The summed E-state index contributed by atoms with van der Waals surface area (Å²) in [5.41, 5.74) is 14.7. The highest BCUT2D eigenvalue weighted by Gasteiger charge is 2.03. The van der Waals surface area contributed by atoms with E-state index in [4.69, 9.17) is 23.1 Å². The Morgan fingerprint density at radius 2 is 1.87 bits per heavy atom. The fraction of sp³-hybridized carbons (Fsp3) is 0. The Bertz CT molecular complexity index is 480. The molecule has 0 spiro atoms. The van der Waals surface area contributed by atoms with E-state index >= 15 is 0 Å². The number of nitrogen functional groups attached to an aromatic ring is 2. The van der Waals surface area contributed by atoms with Crippen LogP contribution in [0.5, 0.6) is 0 Å². The molecule has 2 aromatic rings. The molecular weight excluding hydrogens is 210 g/mol. The van der Waals surface area contributed by atoms with Crippen LogP contribution in [0.3, 0.4) is 0 Å². The number of halogens is 1. The maximum atomic E-state index is 5.84. The van der Waals surface area contributed by atoms with Gasteiger partial charge < -0.3 is 11.5 Å². The van der Waals surface area contributed by atoms with Gasteiger partial charge in [0, 0.05) is 28.7 Å². The zero-order valence-corrected chi connectivity index (χ0v) is 8.70. The molecule has 1 aromatic carbocycles. The lowest BCUT2D eigenvalue weighted by Crippen LogP contribution is -1.93. The number of aromatic nitrogens is 1. The number of benzene rings is 1. The van der Waals surface area contributed by atoms with Crippen LogP contribution in [0.4, 0.5) is 11.4 Å². The highest BCUT2D eigenvalue weighted by molar-refractivity contribution is 6.29. The summed E-state index contributed by atoms with van der Waals surface area (Å²) in [5.74, 6) is 0. The molecule has 3 nitrogen and oxygen atoms in total. The number of pyridine rings is 1. The molecule has 76 valence electrons. The molecule has 0 saturated carbocycles. The largest absolute Gasteiger partial charge is 0.399 e. The van der Waals surface area contributed by atoms with Crippen molar-refractivity contribution in [1.29, 1.82) is 0 Å². The molecule has 0 aliphatic rings. The summed E-state index contributed by atoms with van der Waals surface area (Å²) in [6.07, 6.45) is 1.67. The first-order chi connectivity index (χ1) is 7.16. The van der Waals surface area contributed by atoms with Crippen LogP contribution in [0.25, 0.3) is 11.1 Å². The fourth-order valence-electron chi connectivity index (χ4n) is 1.36. The van der Waals surface area contributed by atoms with Crippen LogP contribution in [-0.4, -0.2) is 4.98 Å². The molecule has 0 aliphatic heterocycles. The van der Waals surface area contributed by atoms with E-state index in [1.165, 1.54) is 0 Å². The van der Waals surface area contributed by atoms with Crippen LogP contribution in [0.1, 0.15) is 0 Å². The molecular formula is C11H10ClN3. The smallest absolute Gasteiger partial charge is 0.129 e. The lowest BCUT2D eigenvalue weighted by atomic mass is 10.1. The van der Waals surface area contributed by atoms with Crippen molar-refractivity contribution in [2.75, 3.05) is 11.5 Å². The molecule has 0 bridgehead atoms. The molecule has 0 aliphatic carbocycles. The normalized spacial score (nSPS) is 10.2.